The molecule has 176 valence electrons. The molecule has 1 heterocycles. The van der Waals surface area contributed by atoms with Gasteiger partial charge in [-0.25, -0.2) is 14.2 Å². The maximum Gasteiger partial charge on any atom is 0.404 e. The van der Waals surface area contributed by atoms with E-state index in [9.17, 15) is 14.0 Å². The molecule has 0 spiro atoms. The second kappa shape index (κ2) is 11.8. The number of carbonyl (C=O) groups is 2. The number of anilines is 5. The highest BCUT2D eigenvalue weighted by Gasteiger charge is 2.09. The summed E-state index contributed by atoms with van der Waals surface area (Å²) in [6.07, 6.45) is 1.67. The van der Waals surface area contributed by atoms with Crippen molar-refractivity contribution in [3.8, 4) is 5.75 Å². The molecule has 2 aromatic carbocycles. The normalized spacial score (nSPS) is 10.1. The smallest absolute Gasteiger partial charge is 0.404 e. The van der Waals surface area contributed by atoms with Gasteiger partial charge in [0.05, 0.1) is 12.8 Å². The molecule has 34 heavy (non-hydrogen) atoms. The molecule has 5 N–H and O–H groups in total. The number of rotatable bonds is 11. The summed E-state index contributed by atoms with van der Waals surface area (Å²) in [5, 5.41) is 19.3. The van der Waals surface area contributed by atoms with Gasteiger partial charge in [0.2, 0.25) is 11.9 Å². The number of ether oxygens (including phenoxy) is 1. The standard InChI is InChI=1S/C23H23FN6O4/c1-2-20(31)27-16-5-3-6-17(13-16)28-21-19(24)14-26-22(30-21)29-15-7-9-18(10-8-15)34-12-4-11-25-23(32)33/h2-3,5-10,13-14,25H,1,4,11-12H2,(H,27,31)(H,32,33)(H2,26,28,29,30). The molecular weight excluding hydrogens is 443 g/mol. The summed E-state index contributed by atoms with van der Waals surface area (Å²) in [7, 11) is 0. The summed E-state index contributed by atoms with van der Waals surface area (Å²) in [6, 6.07) is 13.7. The molecule has 11 heteroatoms. The number of hydrogen-bond acceptors (Lipinski definition) is 7. The lowest BCUT2D eigenvalue weighted by Gasteiger charge is -2.11. The first kappa shape index (κ1) is 24.0. The molecule has 0 saturated carbocycles. The summed E-state index contributed by atoms with van der Waals surface area (Å²) in [5.74, 6) is -0.254. The molecule has 0 atom stereocenters. The first-order chi connectivity index (χ1) is 16.4. The average molecular weight is 466 g/mol. The van der Waals surface area contributed by atoms with Gasteiger partial charge in [-0.05, 0) is 55.0 Å². The predicted octanol–water partition coefficient (Wildman–Crippen LogP) is 4.26. The minimum atomic E-state index is -1.07. The van der Waals surface area contributed by atoms with Crippen LogP contribution in [0.4, 0.5) is 38.0 Å². The molecule has 3 aromatic rings. The number of carboxylic acid groups (broad SMARTS) is 1. The van der Waals surface area contributed by atoms with Crippen molar-refractivity contribution < 1.29 is 23.8 Å². The van der Waals surface area contributed by atoms with Crippen LogP contribution in [0.1, 0.15) is 6.42 Å². The molecule has 0 unspecified atom stereocenters. The van der Waals surface area contributed by atoms with E-state index in [0.29, 0.717) is 42.4 Å². The number of halogens is 1. The minimum Gasteiger partial charge on any atom is -0.494 e. The second-order valence-corrected chi connectivity index (χ2v) is 6.87. The van der Waals surface area contributed by atoms with E-state index in [0.717, 1.165) is 12.3 Å². The molecule has 10 nitrogen and oxygen atoms in total. The van der Waals surface area contributed by atoms with Crippen LogP contribution in [0, 0.1) is 5.82 Å². The highest BCUT2D eigenvalue weighted by molar-refractivity contribution is 5.99. The minimum absolute atomic E-state index is 0.0420. The Bertz CT molecular complexity index is 1160. The summed E-state index contributed by atoms with van der Waals surface area (Å²) >= 11 is 0. The van der Waals surface area contributed by atoms with Crippen molar-refractivity contribution in [1.82, 2.24) is 15.3 Å². The Morgan fingerprint density at radius 3 is 2.59 bits per heavy atom. The van der Waals surface area contributed by atoms with E-state index in [1.807, 2.05) is 0 Å². The van der Waals surface area contributed by atoms with E-state index in [1.165, 1.54) is 0 Å². The Hall–Kier alpha value is -4.67. The third kappa shape index (κ3) is 7.48. The van der Waals surface area contributed by atoms with Gasteiger partial charge >= 0.3 is 6.09 Å². The summed E-state index contributed by atoms with van der Waals surface area (Å²) in [4.78, 5) is 30.0. The van der Waals surface area contributed by atoms with Crippen LogP contribution < -0.4 is 26.0 Å². The first-order valence-electron chi connectivity index (χ1n) is 10.2. The van der Waals surface area contributed by atoms with E-state index < -0.39 is 11.9 Å². The van der Waals surface area contributed by atoms with Crippen molar-refractivity contribution in [2.45, 2.75) is 6.42 Å². The predicted molar refractivity (Wildman–Crippen MR) is 126 cm³/mol. The second-order valence-electron chi connectivity index (χ2n) is 6.87. The molecule has 0 fully saturated rings. The molecule has 3 rings (SSSR count). The Balaban J connectivity index is 1.60. The molecule has 0 aliphatic rings. The quantitative estimate of drug-likeness (QED) is 0.209. The van der Waals surface area contributed by atoms with Crippen LogP contribution in [0.5, 0.6) is 5.75 Å². The van der Waals surface area contributed by atoms with Gasteiger partial charge in [-0.3, -0.25) is 4.79 Å². The SMILES string of the molecule is C=CC(=O)Nc1cccc(Nc2nc(Nc3ccc(OCCCNC(=O)O)cc3)ncc2F)c1. The molecule has 0 aliphatic carbocycles. The fourth-order valence-electron chi connectivity index (χ4n) is 2.74. The van der Waals surface area contributed by atoms with Crippen molar-refractivity contribution in [2.75, 3.05) is 29.1 Å². The van der Waals surface area contributed by atoms with Crippen molar-refractivity contribution in [3.05, 3.63) is 73.2 Å². The highest BCUT2D eigenvalue weighted by Crippen LogP contribution is 2.23. The van der Waals surface area contributed by atoms with Gasteiger partial charge in [-0.1, -0.05) is 12.6 Å². The molecule has 1 aromatic heterocycles. The van der Waals surface area contributed by atoms with Gasteiger partial charge in [0, 0.05) is 23.6 Å². The zero-order valence-corrected chi connectivity index (χ0v) is 18.0. The monoisotopic (exact) mass is 466 g/mol. The molecule has 0 aliphatic heterocycles. The van der Waals surface area contributed by atoms with Gasteiger partial charge in [-0.2, -0.15) is 4.98 Å². The maximum atomic E-state index is 14.3. The number of benzene rings is 2. The fraction of sp³-hybridized carbons (Fsp3) is 0.130. The summed E-state index contributed by atoms with van der Waals surface area (Å²) in [5.41, 5.74) is 1.69. The topological polar surface area (TPSA) is 138 Å². The fourth-order valence-corrected chi connectivity index (χ4v) is 2.74. The Labute approximate surface area is 194 Å². The molecule has 0 bridgehead atoms. The van der Waals surface area contributed by atoms with Crippen molar-refractivity contribution >= 4 is 40.8 Å². The third-order valence-electron chi connectivity index (χ3n) is 4.30. The Kier molecular flexibility index (Phi) is 8.33. The van der Waals surface area contributed by atoms with Crippen LogP contribution in [-0.4, -0.2) is 40.2 Å². The summed E-state index contributed by atoms with van der Waals surface area (Å²) in [6.45, 7) is 4.07. The lowest BCUT2D eigenvalue weighted by atomic mass is 10.2. The van der Waals surface area contributed by atoms with E-state index in [4.69, 9.17) is 9.84 Å². The molecule has 0 radical (unpaired) electrons. The Morgan fingerprint density at radius 2 is 1.85 bits per heavy atom. The van der Waals surface area contributed by atoms with Gasteiger partial charge < -0.3 is 31.1 Å². The third-order valence-corrected chi connectivity index (χ3v) is 4.30. The van der Waals surface area contributed by atoms with Crippen molar-refractivity contribution in [1.29, 1.82) is 0 Å². The van der Waals surface area contributed by atoms with E-state index >= 15 is 0 Å². The zero-order valence-electron chi connectivity index (χ0n) is 18.0. The van der Waals surface area contributed by atoms with E-state index in [-0.39, 0.29) is 17.7 Å². The average Bonchev–Trinajstić information content (AvgIpc) is 2.82. The van der Waals surface area contributed by atoms with Crippen molar-refractivity contribution in [3.63, 3.8) is 0 Å². The summed E-state index contributed by atoms with van der Waals surface area (Å²) < 4.78 is 19.8. The Morgan fingerprint density at radius 1 is 1.09 bits per heavy atom. The van der Waals surface area contributed by atoms with E-state index in [1.54, 1.807) is 48.5 Å². The maximum absolute atomic E-state index is 14.3. The first-order valence-corrected chi connectivity index (χ1v) is 10.2. The number of hydrogen-bond donors (Lipinski definition) is 5. The van der Waals surface area contributed by atoms with Crippen LogP contribution in [0.3, 0.4) is 0 Å². The molecular formula is C23H23FN6O4. The lowest BCUT2D eigenvalue weighted by molar-refractivity contribution is -0.111. The highest BCUT2D eigenvalue weighted by atomic mass is 19.1. The molecule has 0 saturated heterocycles. The lowest BCUT2D eigenvalue weighted by Crippen LogP contribution is -2.23. The number of amides is 2. The number of nitrogens with zero attached hydrogens (tertiary/aromatic N) is 2. The van der Waals surface area contributed by atoms with Crippen LogP contribution >= 0.6 is 0 Å². The largest absolute Gasteiger partial charge is 0.494 e. The van der Waals surface area contributed by atoms with Crippen LogP contribution in [0.25, 0.3) is 0 Å². The molecule has 2 amide bonds. The van der Waals surface area contributed by atoms with Gasteiger partial charge in [-0.15, -0.1) is 0 Å². The van der Waals surface area contributed by atoms with Crippen LogP contribution in [-0.2, 0) is 4.79 Å². The van der Waals surface area contributed by atoms with Gasteiger partial charge in [0.25, 0.3) is 0 Å². The number of carbonyl (C=O) groups excluding carboxylic acids is 1. The number of nitrogens with one attached hydrogen (secondary N) is 4. The van der Waals surface area contributed by atoms with E-state index in [2.05, 4.69) is 37.8 Å². The van der Waals surface area contributed by atoms with Gasteiger partial charge in [0.1, 0.15) is 5.75 Å². The number of aromatic nitrogens is 2. The van der Waals surface area contributed by atoms with Gasteiger partial charge in [0.15, 0.2) is 11.6 Å². The van der Waals surface area contributed by atoms with Crippen molar-refractivity contribution in [2.24, 2.45) is 0 Å². The van der Waals surface area contributed by atoms with Crippen LogP contribution in [0.2, 0.25) is 0 Å². The van der Waals surface area contributed by atoms with Crippen LogP contribution in [0.15, 0.2) is 67.4 Å². The zero-order chi connectivity index (χ0) is 24.3.